The SMILES string of the molecule is COc1ccc(C(=O)NC(CCN2CCC3(CC2)CCN(Cc2ccc(Br)cc2)C3=O)c2ccccc2)cc1OC.Cl. The quantitative estimate of drug-likeness (QED) is 0.279. The molecule has 224 valence electrons. The van der Waals surface area contributed by atoms with Gasteiger partial charge in [-0.05, 0) is 80.2 Å². The predicted octanol–water partition coefficient (Wildman–Crippen LogP) is 6.26. The number of nitrogens with zero attached hydrogens (tertiary/aromatic N) is 2. The summed E-state index contributed by atoms with van der Waals surface area (Å²) in [6, 6.07) is 23.4. The highest BCUT2D eigenvalue weighted by molar-refractivity contribution is 9.10. The smallest absolute Gasteiger partial charge is 0.251 e. The summed E-state index contributed by atoms with van der Waals surface area (Å²) in [6.45, 7) is 4.13. The van der Waals surface area contributed by atoms with E-state index in [0.717, 1.165) is 67.5 Å². The van der Waals surface area contributed by atoms with Crippen LogP contribution in [-0.4, -0.2) is 62.0 Å². The van der Waals surface area contributed by atoms with Crippen molar-refractivity contribution in [2.24, 2.45) is 5.41 Å². The summed E-state index contributed by atoms with van der Waals surface area (Å²) in [5, 5.41) is 3.24. The number of piperidine rings is 1. The summed E-state index contributed by atoms with van der Waals surface area (Å²) in [5.74, 6) is 1.27. The van der Waals surface area contributed by atoms with Crippen molar-refractivity contribution in [1.29, 1.82) is 0 Å². The van der Waals surface area contributed by atoms with E-state index in [9.17, 15) is 9.59 Å². The summed E-state index contributed by atoms with van der Waals surface area (Å²) < 4.78 is 11.8. The maximum atomic E-state index is 13.5. The first-order valence-electron chi connectivity index (χ1n) is 14.2. The van der Waals surface area contributed by atoms with Gasteiger partial charge in [0.25, 0.3) is 5.91 Å². The summed E-state index contributed by atoms with van der Waals surface area (Å²) in [4.78, 5) is 31.2. The highest BCUT2D eigenvalue weighted by Crippen LogP contribution is 2.42. The van der Waals surface area contributed by atoms with Crippen LogP contribution in [0.4, 0.5) is 0 Å². The van der Waals surface area contributed by atoms with Crippen molar-refractivity contribution in [3.8, 4) is 11.5 Å². The van der Waals surface area contributed by atoms with E-state index >= 15 is 0 Å². The number of ether oxygens (including phenoxy) is 2. The van der Waals surface area contributed by atoms with Crippen LogP contribution in [0, 0.1) is 5.41 Å². The van der Waals surface area contributed by atoms with Crippen LogP contribution < -0.4 is 14.8 Å². The lowest BCUT2D eigenvalue weighted by atomic mass is 9.77. The molecule has 5 rings (SSSR count). The molecule has 1 unspecified atom stereocenters. The molecule has 3 aromatic carbocycles. The lowest BCUT2D eigenvalue weighted by Gasteiger charge is -2.38. The third-order valence-corrected chi connectivity index (χ3v) is 9.12. The first-order chi connectivity index (χ1) is 19.9. The largest absolute Gasteiger partial charge is 0.493 e. The Morgan fingerprint density at radius 3 is 2.26 bits per heavy atom. The van der Waals surface area contributed by atoms with Gasteiger partial charge in [-0.15, -0.1) is 12.4 Å². The first kappa shape index (κ1) is 31.9. The normalized spacial score (nSPS) is 17.0. The van der Waals surface area contributed by atoms with Crippen molar-refractivity contribution >= 4 is 40.2 Å². The Morgan fingerprint density at radius 2 is 1.60 bits per heavy atom. The van der Waals surface area contributed by atoms with Crippen LogP contribution in [-0.2, 0) is 11.3 Å². The van der Waals surface area contributed by atoms with E-state index in [0.29, 0.717) is 29.5 Å². The summed E-state index contributed by atoms with van der Waals surface area (Å²) in [5.41, 5.74) is 2.53. The van der Waals surface area contributed by atoms with E-state index in [2.05, 4.69) is 50.4 Å². The van der Waals surface area contributed by atoms with Crippen LogP contribution in [0.5, 0.6) is 11.5 Å². The molecule has 2 aliphatic heterocycles. The second-order valence-electron chi connectivity index (χ2n) is 11.0. The van der Waals surface area contributed by atoms with Gasteiger partial charge in [0.1, 0.15) is 0 Å². The first-order valence-corrected chi connectivity index (χ1v) is 15.0. The minimum Gasteiger partial charge on any atom is -0.493 e. The second kappa shape index (κ2) is 14.4. The molecule has 2 amide bonds. The van der Waals surface area contributed by atoms with Crippen LogP contribution in [0.15, 0.2) is 77.3 Å². The lowest BCUT2D eigenvalue weighted by Crippen LogP contribution is -2.45. The fourth-order valence-electron chi connectivity index (χ4n) is 6.06. The van der Waals surface area contributed by atoms with Gasteiger partial charge < -0.3 is 24.6 Å². The molecule has 0 saturated carbocycles. The molecular weight excluding hydrogens is 618 g/mol. The van der Waals surface area contributed by atoms with Crippen molar-refractivity contribution in [3.05, 3.63) is 94.0 Å². The Bertz CT molecular complexity index is 1350. The molecule has 9 heteroatoms. The number of carbonyl (C=O) groups excluding carboxylic acids is 2. The van der Waals surface area contributed by atoms with Gasteiger partial charge in [0.15, 0.2) is 11.5 Å². The standard InChI is InChI=1S/C33H38BrN3O4.ClH/c1-40-29-13-10-26(22-30(29)41-2)31(38)35-28(25-6-4-3-5-7-25)14-18-36-19-15-33(16-20-36)17-21-37(32(33)39)23-24-8-11-27(34)12-9-24;/h3-13,22,28H,14-21,23H2,1-2H3,(H,35,38);1H. The highest BCUT2D eigenvalue weighted by Gasteiger charge is 2.47. The Hall–Kier alpha value is -3.07. The van der Waals surface area contributed by atoms with Crippen LogP contribution >= 0.6 is 28.3 Å². The fourth-order valence-corrected chi connectivity index (χ4v) is 6.33. The molecule has 0 aliphatic carbocycles. The maximum absolute atomic E-state index is 13.5. The third-order valence-electron chi connectivity index (χ3n) is 8.59. The van der Waals surface area contributed by atoms with Gasteiger partial charge in [-0.2, -0.15) is 0 Å². The molecule has 2 heterocycles. The van der Waals surface area contributed by atoms with Gasteiger partial charge in [-0.1, -0.05) is 58.4 Å². The van der Waals surface area contributed by atoms with Crippen LogP contribution in [0.1, 0.15) is 53.2 Å². The zero-order valence-corrected chi connectivity index (χ0v) is 26.6. The van der Waals surface area contributed by atoms with E-state index in [4.69, 9.17) is 9.47 Å². The molecular formula is C33H39BrClN3O4. The predicted molar refractivity (Wildman–Crippen MR) is 170 cm³/mol. The Balaban J connectivity index is 0.00000405. The molecule has 0 aromatic heterocycles. The number of halogens is 2. The van der Waals surface area contributed by atoms with Crippen molar-refractivity contribution in [2.45, 2.75) is 38.3 Å². The molecule has 1 atom stereocenters. The molecule has 2 saturated heterocycles. The molecule has 0 radical (unpaired) electrons. The highest BCUT2D eigenvalue weighted by atomic mass is 79.9. The number of hydrogen-bond acceptors (Lipinski definition) is 5. The monoisotopic (exact) mass is 655 g/mol. The van der Waals surface area contributed by atoms with Crippen LogP contribution in [0.2, 0.25) is 0 Å². The van der Waals surface area contributed by atoms with Crippen molar-refractivity contribution < 1.29 is 19.1 Å². The lowest BCUT2D eigenvalue weighted by molar-refractivity contribution is -0.138. The number of rotatable bonds is 10. The Morgan fingerprint density at radius 1 is 0.929 bits per heavy atom. The number of hydrogen-bond donors (Lipinski definition) is 1. The number of amides is 2. The number of carbonyl (C=O) groups is 2. The van der Waals surface area contributed by atoms with Crippen molar-refractivity contribution in [1.82, 2.24) is 15.1 Å². The molecule has 1 spiro atoms. The average molecular weight is 657 g/mol. The number of likely N-dealkylation sites (tertiary alicyclic amines) is 2. The van der Waals surface area contributed by atoms with E-state index in [-0.39, 0.29) is 29.8 Å². The number of methoxy groups -OCH3 is 2. The maximum Gasteiger partial charge on any atom is 0.251 e. The summed E-state index contributed by atoms with van der Waals surface area (Å²) >= 11 is 3.49. The molecule has 3 aromatic rings. The third kappa shape index (κ3) is 7.28. The van der Waals surface area contributed by atoms with E-state index in [1.54, 1.807) is 32.4 Å². The van der Waals surface area contributed by atoms with Gasteiger partial charge in [0.2, 0.25) is 5.91 Å². The van der Waals surface area contributed by atoms with E-state index in [1.165, 1.54) is 0 Å². The topological polar surface area (TPSA) is 71.1 Å². The molecule has 1 N–H and O–H groups in total. The fraction of sp³-hybridized carbons (Fsp3) is 0.394. The number of nitrogens with one attached hydrogen (secondary N) is 1. The van der Waals surface area contributed by atoms with Crippen LogP contribution in [0.25, 0.3) is 0 Å². The molecule has 7 nitrogen and oxygen atoms in total. The summed E-state index contributed by atoms with van der Waals surface area (Å²) in [7, 11) is 3.14. The van der Waals surface area contributed by atoms with Gasteiger partial charge >= 0.3 is 0 Å². The van der Waals surface area contributed by atoms with Crippen LogP contribution in [0.3, 0.4) is 0 Å². The van der Waals surface area contributed by atoms with Gasteiger partial charge in [0, 0.05) is 29.7 Å². The van der Waals surface area contributed by atoms with Gasteiger partial charge in [-0.25, -0.2) is 0 Å². The number of benzene rings is 3. The minimum atomic E-state index is -0.230. The second-order valence-corrected chi connectivity index (χ2v) is 11.9. The zero-order chi connectivity index (χ0) is 28.8. The van der Waals surface area contributed by atoms with Gasteiger partial charge in [-0.3, -0.25) is 9.59 Å². The van der Waals surface area contributed by atoms with Crippen molar-refractivity contribution in [3.63, 3.8) is 0 Å². The van der Waals surface area contributed by atoms with Gasteiger partial charge in [0.05, 0.1) is 25.7 Å². The summed E-state index contributed by atoms with van der Waals surface area (Å²) in [6.07, 6.45) is 3.48. The van der Waals surface area contributed by atoms with Crippen molar-refractivity contribution in [2.75, 3.05) is 40.4 Å². The van der Waals surface area contributed by atoms with E-state index in [1.807, 2.05) is 35.2 Å². The molecule has 2 fully saturated rings. The molecule has 2 aliphatic rings. The molecule has 0 bridgehead atoms. The average Bonchev–Trinajstić information content (AvgIpc) is 3.30. The Labute approximate surface area is 263 Å². The zero-order valence-electron chi connectivity index (χ0n) is 24.2. The minimum absolute atomic E-state index is 0. The Kier molecular flexibility index (Phi) is 10.9. The van der Waals surface area contributed by atoms with E-state index < -0.39 is 0 Å². The molecule has 42 heavy (non-hydrogen) atoms.